The number of nitrogens with one attached hydrogen (secondary N) is 1. The lowest BCUT2D eigenvalue weighted by Crippen LogP contribution is -2.51. The smallest absolute Gasteiger partial charge is 0.252 e. The monoisotopic (exact) mass is 309 g/mol. The van der Waals surface area contributed by atoms with Crippen molar-refractivity contribution in [3.05, 3.63) is 22.4 Å². The zero-order valence-corrected chi connectivity index (χ0v) is 13.5. The predicted molar refractivity (Wildman–Crippen MR) is 84.5 cm³/mol. The lowest BCUT2D eigenvalue weighted by molar-refractivity contribution is -0.136. The van der Waals surface area contributed by atoms with Crippen LogP contribution in [0.15, 0.2) is 16.8 Å². The summed E-state index contributed by atoms with van der Waals surface area (Å²) in [6.07, 6.45) is 0. The molecule has 1 aromatic rings. The van der Waals surface area contributed by atoms with Gasteiger partial charge in [0.2, 0.25) is 5.91 Å². The van der Waals surface area contributed by atoms with E-state index in [0.29, 0.717) is 6.54 Å². The molecule has 0 spiro atoms. The fourth-order valence-corrected chi connectivity index (χ4v) is 3.02. The summed E-state index contributed by atoms with van der Waals surface area (Å²) in [5.41, 5.74) is 0.729. The predicted octanol–water partition coefficient (Wildman–Crippen LogP) is 1.28. The van der Waals surface area contributed by atoms with Crippen LogP contribution < -0.4 is 5.32 Å². The summed E-state index contributed by atoms with van der Waals surface area (Å²) in [4.78, 5) is 27.9. The SMILES string of the molecule is CC(C)C(=O)N1CCN(CCNC(=O)c2ccsc2)CC1. The second-order valence-electron chi connectivity index (χ2n) is 5.59. The van der Waals surface area contributed by atoms with Gasteiger partial charge in [-0.2, -0.15) is 11.3 Å². The van der Waals surface area contributed by atoms with Gasteiger partial charge in [0.05, 0.1) is 0 Å². The molecular formula is C15H23N3O2S. The molecule has 1 fully saturated rings. The van der Waals surface area contributed by atoms with E-state index in [4.69, 9.17) is 0 Å². The molecule has 116 valence electrons. The number of piperazine rings is 1. The number of carbonyl (C=O) groups excluding carboxylic acids is 2. The van der Waals surface area contributed by atoms with Crippen LogP contribution in [-0.2, 0) is 4.79 Å². The van der Waals surface area contributed by atoms with Crippen molar-refractivity contribution in [3.8, 4) is 0 Å². The molecule has 0 saturated carbocycles. The van der Waals surface area contributed by atoms with Gasteiger partial charge in [-0.1, -0.05) is 13.8 Å². The molecular weight excluding hydrogens is 286 g/mol. The zero-order valence-electron chi connectivity index (χ0n) is 12.7. The summed E-state index contributed by atoms with van der Waals surface area (Å²) in [6, 6.07) is 1.83. The van der Waals surface area contributed by atoms with Crippen molar-refractivity contribution in [2.45, 2.75) is 13.8 Å². The maximum atomic E-state index is 11.9. The van der Waals surface area contributed by atoms with Crippen molar-refractivity contribution < 1.29 is 9.59 Å². The van der Waals surface area contributed by atoms with Crippen molar-refractivity contribution in [3.63, 3.8) is 0 Å². The van der Waals surface area contributed by atoms with Crippen LogP contribution in [0.2, 0.25) is 0 Å². The van der Waals surface area contributed by atoms with Crippen LogP contribution in [0.4, 0.5) is 0 Å². The Kier molecular flexibility index (Phi) is 5.76. The Morgan fingerprint density at radius 3 is 2.57 bits per heavy atom. The molecule has 2 amide bonds. The fourth-order valence-electron chi connectivity index (χ4n) is 2.38. The Morgan fingerprint density at radius 2 is 2.00 bits per heavy atom. The molecule has 21 heavy (non-hydrogen) atoms. The van der Waals surface area contributed by atoms with Gasteiger partial charge >= 0.3 is 0 Å². The Labute approximate surface area is 129 Å². The highest BCUT2D eigenvalue weighted by Gasteiger charge is 2.22. The van der Waals surface area contributed by atoms with Crippen LogP contribution in [0.5, 0.6) is 0 Å². The van der Waals surface area contributed by atoms with Crippen LogP contribution in [0, 0.1) is 5.92 Å². The second-order valence-corrected chi connectivity index (χ2v) is 6.37. The molecule has 6 heteroatoms. The van der Waals surface area contributed by atoms with E-state index in [2.05, 4.69) is 10.2 Å². The minimum absolute atomic E-state index is 0.00938. The van der Waals surface area contributed by atoms with Crippen molar-refractivity contribution in [2.75, 3.05) is 39.3 Å². The highest BCUT2D eigenvalue weighted by atomic mass is 32.1. The first-order valence-corrected chi connectivity index (χ1v) is 8.33. The average molecular weight is 309 g/mol. The lowest BCUT2D eigenvalue weighted by atomic mass is 10.1. The van der Waals surface area contributed by atoms with Crippen molar-refractivity contribution >= 4 is 23.2 Å². The first-order valence-electron chi connectivity index (χ1n) is 7.39. The Hall–Kier alpha value is -1.40. The molecule has 0 unspecified atom stereocenters. The minimum Gasteiger partial charge on any atom is -0.351 e. The number of rotatable bonds is 5. The van der Waals surface area contributed by atoms with Crippen molar-refractivity contribution in [1.82, 2.24) is 15.1 Å². The number of hydrogen-bond donors (Lipinski definition) is 1. The molecule has 0 aliphatic carbocycles. The summed E-state index contributed by atoms with van der Waals surface area (Å²) < 4.78 is 0. The Balaban J connectivity index is 1.65. The Morgan fingerprint density at radius 1 is 1.29 bits per heavy atom. The van der Waals surface area contributed by atoms with Crippen molar-refractivity contribution in [1.29, 1.82) is 0 Å². The van der Waals surface area contributed by atoms with Gasteiger partial charge in [-0.05, 0) is 11.4 Å². The van der Waals surface area contributed by atoms with Crippen LogP contribution in [0.1, 0.15) is 24.2 Å². The maximum absolute atomic E-state index is 11.9. The van der Waals surface area contributed by atoms with E-state index in [1.54, 1.807) is 0 Å². The molecule has 1 N–H and O–H groups in total. The van der Waals surface area contributed by atoms with E-state index >= 15 is 0 Å². The maximum Gasteiger partial charge on any atom is 0.252 e. The standard InChI is InChI=1S/C15H23N3O2S/c1-12(2)15(20)18-8-6-17(7-9-18)5-4-16-14(19)13-3-10-21-11-13/h3,10-12H,4-9H2,1-2H3,(H,16,19). The lowest BCUT2D eigenvalue weighted by Gasteiger charge is -2.35. The van der Waals surface area contributed by atoms with E-state index in [1.165, 1.54) is 11.3 Å². The van der Waals surface area contributed by atoms with Gasteiger partial charge < -0.3 is 10.2 Å². The quantitative estimate of drug-likeness (QED) is 0.891. The number of carbonyl (C=O) groups is 2. The minimum atomic E-state index is -0.00938. The molecule has 2 rings (SSSR count). The summed E-state index contributed by atoms with van der Waals surface area (Å²) >= 11 is 1.53. The molecule has 1 aliphatic heterocycles. The van der Waals surface area contributed by atoms with Crippen LogP contribution in [-0.4, -0.2) is 60.9 Å². The highest BCUT2D eigenvalue weighted by Crippen LogP contribution is 2.07. The molecule has 1 aliphatic rings. The van der Waals surface area contributed by atoms with Crippen LogP contribution >= 0.6 is 11.3 Å². The Bertz CT molecular complexity index is 465. The van der Waals surface area contributed by atoms with Gasteiger partial charge in [-0.25, -0.2) is 0 Å². The van der Waals surface area contributed by atoms with E-state index in [1.807, 2.05) is 35.6 Å². The molecule has 0 atom stereocenters. The van der Waals surface area contributed by atoms with E-state index < -0.39 is 0 Å². The van der Waals surface area contributed by atoms with Gasteiger partial charge in [-0.3, -0.25) is 14.5 Å². The first-order chi connectivity index (χ1) is 10.1. The largest absolute Gasteiger partial charge is 0.351 e. The van der Waals surface area contributed by atoms with E-state index in [9.17, 15) is 9.59 Å². The number of hydrogen-bond acceptors (Lipinski definition) is 4. The summed E-state index contributed by atoms with van der Waals surface area (Å²) in [5, 5.41) is 6.69. The fraction of sp³-hybridized carbons (Fsp3) is 0.600. The third-order valence-electron chi connectivity index (χ3n) is 3.67. The molecule has 1 saturated heterocycles. The highest BCUT2D eigenvalue weighted by molar-refractivity contribution is 7.08. The van der Waals surface area contributed by atoms with Crippen LogP contribution in [0.25, 0.3) is 0 Å². The first kappa shape index (κ1) is 16.0. The second kappa shape index (κ2) is 7.56. The third-order valence-corrected chi connectivity index (χ3v) is 4.36. The molecule has 5 nitrogen and oxygen atoms in total. The van der Waals surface area contributed by atoms with Gasteiger partial charge in [0, 0.05) is 56.1 Å². The molecule has 1 aromatic heterocycles. The zero-order chi connectivity index (χ0) is 15.2. The van der Waals surface area contributed by atoms with Gasteiger partial charge in [0.25, 0.3) is 5.91 Å². The summed E-state index contributed by atoms with van der Waals surface area (Å²) in [5.74, 6) is 0.298. The third kappa shape index (κ3) is 4.54. The van der Waals surface area contributed by atoms with Gasteiger partial charge in [-0.15, -0.1) is 0 Å². The van der Waals surface area contributed by atoms with Crippen LogP contribution in [0.3, 0.4) is 0 Å². The molecule has 0 bridgehead atoms. The van der Waals surface area contributed by atoms with Gasteiger partial charge in [0.15, 0.2) is 0 Å². The van der Waals surface area contributed by atoms with E-state index in [0.717, 1.165) is 38.3 Å². The molecule has 2 heterocycles. The summed E-state index contributed by atoms with van der Waals surface area (Å²) in [7, 11) is 0. The number of thiophene rings is 1. The number of nitrogens with zero attached hydrogens (tertiary/aromatic N) is 2. The molecule has 0 aromatic carbocycles. The van der Waals surface area contributed by atoms with Crippen molar-refractivity contribution in [2.24, 2.45) is 5.92 Å². The normalized spacial score (nSPS) is 16.2. The average Bonchev–Trinajstić information content (AvgIpc) is 3.01. The van der Waals surface area contributed by atoms with E-state index in [-0.39, 0.29) is 17.7 Å². The topological polar surface area (TPSA) is 52.7 Å². The number of amides is 2. The molecule has 0 radical (unpaired) electrons. The van der Waals surface area contributed by atoms with Gasteiger partial charge in [0.1, 0.15) is 0 Å². The summed E-state index contributed by atoms with van der Waals surface area (Å²) in [6.45, 7) is 8.69.